The number of ether oxygens (including phenoxy) is 1. The average molecular weight is 506 g/mol. The molecule has 0 spiro atoms. The van der Waals surface area contributed by atoms with E-state index in [1.54, 1.807) is 23.2 Å². The molecular weight excluding hydrogens is 485 g/mol. The van der Waals surface area contributed by atoms with Gasteiger partial charge in [0.25, 0.3) is 6.43 Å². The molecule has 1 fully saturated rings. The summed E-state index contributed by atoms with van der Waals surface area (Å²) in [5.74, 6) is -0.793. The minimum atomic E-state index is -2.70. The molecule has 0 bridgehead atoms. The SMILES string of the molecule is C=Cc1cnc2nc(O[C@H]3CN4c5cc(-c6cccc(F)c6O)nnc5NC[C@@]4(C(F)F)C3)ccc2c1. The number of phenols is 1. The van der Waals surface area contributed by atoms with Gasteiger partial charge < -0.3 is 20.1 Å². The molecule has 37 heavy (non-hydrogen) atoms. The number of fused-ring (bicyclic) bond motifs is 4. The zero-order valence-electron chi connectivity index (χ0n) is 19.4. The lowest BCUT2D eigenvalue weighted by atomic mass is 9.93. The lowest BCUT2D eigenvalue weighted by Gasteiger charge is -2.43. The number of halogens is 3. The van der Waals surface area contributed by atoms with E-state index in [2.05, 4.69) is 32.1 Å². The zero-order valence-corrected chi connectivity index (χ0v) is 19.4. The third-order valence-corrected chi connectivity index (χ3v) is 6.86. The van der Waals surface area contributed by atoms with Gasteiger partial charge in [0.1, 0.15) is 11.6 Å². The number of rotatable bonds is 5. The lowest BCUT2D eigenvalue weighted by Crippen LogP contribution is -2.57. The van der Waals surface area contributed by atoms with Crippen LogP contribution in [0.3, 0.4) is 0 Å². The van der Waals surface area contributed by atoms with Gasteiger partial charge in [-0.3, -0.25) is 0 Å². The number of benzene rings is 1. The summed E-state index contributed by atoms with van der Waals surface area (Å²) in [5.41, 5.74) is 0.419. The molecule has 11 heteroatoms. The smallest absolute Gasteiger partial charge is 0.263 e. The molecule has 0 saturated carbocycles. The van der Waals surface area contributed by atoms with Gasteiger partial charge in [0.15, 0.2) is 23.0 Å². The molecule has 1 aromatic carbocycles. The van der Waals surface area contributed by atoms with Crippen LogP contribution in [-0.2, 0) is 0 Å². The molecule has 6 rings (SSSR count). The molecule has 2 N–H and O–H groups in total. The van der Waals surface area contributed by atoms with Crippen LogP contribution in [0.5, 0.6) is 11.6 Å². The monoisotopic (exact) mass is 506 g/mol. The summed E-state index contributed by atoms with van der Waals surface area (Å²) in [6.45, 7) is 3.81. The van der Waals surface area contributed by atoms with Gasteiger partial charge >= 0.3 is 0 Å². The number of nitrogens with zero attached hydrogens (tertiary/aromatic N) is 5. The molecule has 2 aliphatic rings. The van der Waals surface area contributed by atoms with Crippen molar-refractivity contribution in [2.75, 3.05) is 23.3 Å². The third-order valence-electron chi connectivity index (χ3n) is 6.86. The Morgan fingerprint density at radius 2 is 2.08 bits per heavy atom. The maximum absolute atomic E-state index is 14.6. The molecule has 0 aliphatic carbocycles. The van der Waals surface area contributed by atoms with Crippen LogP contribution in [0.1, 0.15) is 12.0 Å². The lowest BCUT2D eigenvalue weighted by molar-refractivity contribution is 0.0529. The second-order valence-corrected chi connectivity index (χ2v) is 9.08. The largest absolute Gasteiger partial charge is 0.504 e. The summed E-state index contributed by atoms with van der Waals surface area (Å²) in [6, 6.07) is 10.9. The minimum Gasteiger partial charge on any atom is -0.504 e. The molecule has 1 saturated heterocycles. The second kappa shape index (κ2) is 8.61. The van der Waals surface area contributed by atoms with E-state index in [4.69, 9.17) is 4.74 Å². The standard InChI is InChI=1S/C26H21F3N6O2/c1-2-14-8-15-6-7-21(32-23(15)30-11-14)37-16-10-26(25(28)29)13-31-24-20(35(26)12-16)9-19(33-34-24)17-4-3-5-18(27)22(17)36/h2-9,11,16,25,36H,1,10,12-13H2,(H,31,34)/t16-,26-/m1/s1. The van der Waals surface area contributed by atoms with E-state index in [-0.39, 0.29) is 36.6 Å². The van der Waals surface area contributed by atoms with Crippen LogP contribution >= 0.6 is 0 Å². The first kappa shape index (κ1) is 23.0. The molecule has 3 aromatic heterocycles. The number of phenolic OH excluding ortho intramolecular Hbond substituents is 1. The first-order valence-electron chi connectivity index (χ1n) is 11.6. The molecule has 0 amide bonds. The van der Waals surface area contributed by atoms with Gasteiger partial charge in [0, 0.05) is 36.2 Å². The number of pyridine rings is 2. The number of aromatic hydroxyl groups is 1. The fourth-order valence-corrected chi connectivity index (χ4v) is 4.99. The van der Waals surface area contributed by atoms with E-state index in [1.807, 2.05) is 12.1 Å². The van der Waals surface area contributed by atoms with Crippen LogP contribution < -0.4 is 15.0 Å². The maximum atomic E-state index is 14.6. The Kier molecular flexibility index (Phi) is 5.36. The van der Waals surface area contributed by atoms with Gasteiger partial charge in [-0.25, -0.2) is 18.2 Å². The highest BCUT2D eigenvalue weighted by atomic mass is 19.3. The van der Waals surface area contributed by atoms with Gasteiger partial charge in [-0.2, -0.15) is 4.98 Å². The number of nitrogens with one attached hydrogen (secondary N) is 1. The number of aromatic nitrogens is 4. The summed E-state index contributed by atoms with van der Waals surface area (Å²) in [7, 11) is 0. The molecule has 2 aliphatic heterocycles. The normalized spacial score (nSPS) is 20.4. The molecule has 8 nitrogen and oxygen atoms in total. The average Bonchev–Trinajstić information content (AvgIpc) is 3.30. The van der Waals surface area contributed by atoms with Gasteiger partial charge in [-0.1, -0.05) is 18.7 Å². The van der Waals surface area contributed by atoms with Crippen molar-refractivity contribution in [2.45, 2.75) is 24.5 Å². The summed E-state index contributed by atoms with van der Waals surface area (Å²) in [5, 5.41) is 22.1. The first-order chi connectivity index (χ1) is 17.9. The van der Waals surface area contributed by atoms with E-state index in [0.717, 1.165) is 17.0 Å². The molecule has 0 radical (unpaired) electrons. The summed E-state index contributed by atoms with van der Waals surface area (Å²) in [4.78, 5) is 10.3. The van der Waals surface area contributed by atoms with E-state index in [0.29, 0.717) is 17.2 Å². The van der Waals surface area contributed by atoms with Crippen molar-refractivity contribution in [1.82, 2.24) is 20.2 Å². The van der Waals surface area contributed by atoms with Gasteiger partial charge in [0.2, 0.25) is 5.88 Å². The Balaban J connectivity index is 1.33. The van der Waals surface area contributed by atoms with Crippen molar-refractivity contribution in [1.29, 1.82) is 0 Å². The molecule has 5 heterocycles. The summed E-state index contributed by atoms with van der Waals surface area (Å²) in [6.07, 6.45) is 0.0587. The van der Waals surface area contributed by atoms with Gasteiger partial charge in [0.05, 0.1) is 17.9 Å². The maximum Gasteiger partial charge on any atom is 0.263 e. The van der Waals surface area contributed by atoms with E-state index < -0.39 is 29.6 Å². The van der Waals surface area contributed by atoms with Crippen LogP contribution in [0, 0.1) is 5.82 Å². The third kappa shape index (κ3) is 3.78. The van der Waals surface area contributed by atoms with Crippen LogP contribution in [-0.4, -0.2) is 56.4 Å². The molecule has 0 unspecified atom stereocenters. The predicted molar refractivity (Wildman–Crippen MR) is 132 cm³/mol. The quantitative estimate of drug-likeness (QED) is 0.404. The number of anilines is 2. The van der Waals surface area contributed by atoms with Gasteiger partial charge in [-0.05, 0) is 35.9 Å². The Hall–Kier alpha value is -4.41. The molecule has 2 atom stereocenters. The van der Waals surface area contributed by atoms with Crippen molar-refractivity contribution >= 4 is 28.6 Å². The van der Waals surface area contributed by atoms with Crippen LogP contribution in [0.2, 0.25) is 0 Å². The molecular formula is C26H21F3N6O2. The van der Waals surface area contributed by atoms with E-state index in [9.17, 15) is 18.3 Å². The predicted octanol–water partition coefficient (Wildman–Crippen LogP) is 4.66. The topological polar surface area (TPSA) is 96.3 Å². The summed E-state index contributed by atoms with van der Waals surface area (Å²) >= 11 is 0. The number of alkyl halides is 2. The Morgan fingerprint density at radius 1 is 1.22 bits per heavy atom. The van der Waals surface area contributed by atoms with Crippen LogP contribution in [0.25, 0.3) is 28.4 Å². The fraction of sp³-hybridized carbons (Fsp3) is 0.231. The number of hydrogen-bond acceptors (Lipinski definition) is 8. The summed E-state index contributed by atoms with van der Waals surface area (Å²) < 4.78 is 49.2. The Labute approximate surface area is 209 Å². The van der Waals surface area contributed by atoms with Gasteiger partial charge in [-0.15, -0.1) is 10.2 Å². The molecule has 4 aromatic rings. The highest BCUT2D eigenvalue weighted by Gasteiger charge is 2.56. The van der Waals surface area contributed by atoms with E-state index in [1.165, 1.54) is 18.2 Å². The van der Waals surface area contributed by atoms with Crippen molar-refractivity contribution in [3.63, 3.8) is 0 Å². The zero-order chi connectivity index (χ0) is 25.7. The number of para-hydroxylation sites is 1. The van der Waals surface area contributed by atoms with Crippen molar-refractivity contribution < 1.29 is 23.0 Å². The highest BCUT2D eigenvalue weighted by molar-refractivity contribution is 5.79. The Morgan fingerprint density at radius 3 is 2.89 bits per heavy atom. The van der Waals surface area contributed by atoms with E-state index >= 15 is 0 Å². The van der Waals surface area contributed by atoms with Crippen molar-refractivity contribution in [3.8, 4) is 22.9 Å². The number of hydrogen-bond donors (Lipinski definition) is 2. The first-order valence-corrected chi connectivity index (χ1v) is 11.6. The Bertz CT molecular complexity index is 1530. The highest BCUT2D eigenvalue weighted by Crippen LogP contribution is 2.46. The molecule has 188 valence electrons. The van der Waals surface area contributed by atoms with Crippen molar-refractivity contribution in [3.05, 3.63) is 66.6 Å². The second-order valence-electron chi connectivity index (χ2n) is 9.08. The van der Waals surface area contributed by atoms with Crippen molar-refractivity contribution in [2.24, 2.45) is 0 Å². The fourth-order valence-electron chi connectivity index (χ4n) is 4.99. The van der Waals surface area contributed by atoms with Crippen LogP contribution in [0.4, 0.5) is 24.7 Å². The van der Waals surface area contributed by atoms with Crippen LogP contribution in [0.15, 0.2) is 55.2 Å². The minimum absolute atomic E-state index is 0.0303.